The van der Waals surface area contributed by atoms with Crippen molar-refractivity contribution in [2.75, 3.05) is 13.7 Å². The lowest BCUT2D eigenvalue weighted by Gasteiger charge is -2.10. The predicted molar refractivity (Wildman–Crippen MR) is 130 cm³/mol. The van der Waals surface area contributed by atoms with E-state index in [-0.39, 0.29) is 42.0 Å². The summed E-state index contributed by atoms with van der Waals surface area (Å²) < 4.78 is 48.4. The van der Waals surface area contributed by atoms with Crippen molar-refractivity contribution < 1.29 is 22.3 Å². The Kier molecular flexibility index (Phi) is 7.77. The van der Waals surface area contributed by atoms with Gasteiger partial charge in [-0.15, -0.1) is 12.4 Å². The summed E-state index contributed by atoms with van der Waals surface area (Å²) in [6, 6.07) is 9.63. The third-order valence-corrected chi connectivity index (χ3v) is 7.03. The first-order valence-electron chi connectivity index (χ1n) is 10.5. The molecule has 0 radical (unpaired) electrons. The Hall–Kier alpha value is -2.79. The molecule has 0 unspecified atom stereocenters. The molecule has 1 saturated carbocycles. The normalized spacial score (nSPS) is 14.2. The highest BCUT2D eigenvalue weighted by atomic mass is 35.5. The monoisotopic (exact) mass is 508 g/mol. The number of esters is 1. The molecule has 3 aromatic rings. The second kappa shape index (κ2) is 10.2. The maximum atomic E-state index is 14.3. The minimum Gasteiger partial charge on any atom is -0.465 e. The average Bonchev–Trinajstić information content (AvgIpc) is 3.54. The lowest BCUT2D eigenvalue weighted by atomic mass is 10.0. The van der Waals surface area contributed by atoms with Crippen molar-refractivity contribution >= 4 is 39.4 Å². The lowest BCUT2D eigenvalue weighted by molar-refractivity contribution is 0.0601. The number of ether oxygens (including phenoxy) is 1. The van der Waals surface area contributed by atoms with Crippen molar-refractivity contribution in [1.29, 1.82) is 0 Å². The molecule has 2 aromatic carbocycles. The number of sulfonamides is 1. The van der Waals surface area contributed by atoms with E-state index in [4.69, 9.17) is 10.5 Å². The second-order valence-electron chi connectivity index (χ2n) is 7.93. The lowest BCUT2D eigenvalue weighted by Crippen LogP contribution is -2.25. The number of hydrogen-bond donors (Lipinski definition) is 2. The maximum Gasteiger partial charge on any atom is 0.337 e. The molecule has 11 heteroatoms. The molecular formula is C23H26ClFN4O4S. The summed E-state index contributed by atoms with van der Waals surface area (Å²) >= 11 is 0. The smallest absolute Gasteiger partial charge is 0.337 e. The molecule has 1 aliphatic rings. The van der Waals surface area contributed by atoms with Crippen LogP contribution in [0, 0.1) is 6.92 Å². The predicted octanol–water partition coefficient (Wildman–Crippen LogP) is 3.47. The highest BCUT2D eigenvalue weighted by Gasteiger charge is 2.28. The Morgan fingerprint density at radius 3 is 2.56 bits per heavy atom. The standard InChI is InChI=1S/C23H25FN4O4S.ClH/c1-14-26-22-20(15-3-7-19(8-4-15)33(30,31)27-18-5-6-18)11-16(23(29)32-2)12-21(22)28(14)13-17(24)9-10-25;/h3-4,7-9,11-12,18,27H,5-6,10,13,25H2,1-2H3;1H. The van der Waals surface area contributed by atoms with Crippen LogP contribution in [-0.4, -0.2) is 43.6 Å². The van der Waals surface area contributed by atoms with Crippen molar-refractivity contribution in [2.24, 2.45) is 5.73 Å². The quantitative estimate of drug-likeness (QED) is 0.450. The van der Waals surface area contributed by atoms with E-state index in [0.717, 1.165) is 12.8 Å². The summed E-state index contributed by atoms with van der Waals surface area (Å²) in [4.78, 5) is 17.1. The second-order valence-corrected chi connectivity index (χ2v) is 9.65. The zero-order chi connectivity index (χ0) is 23.8. The minimum absolute atomic E-state index is 0. The number of carbonyl (C=O) groups excluding carboxylic acids is 1. The van der Waals surface area contributed by atoms with E-state index in [0.29, 0.717) is 28.0 Å². The molecule has 0 amide bonds. The molecule has 1 aliphatic carbocycles. The third-order valence-electron chi connectivity index (χ3n) is 5.49. The molecule has 0 atom stereocenters. The number of benzene rings is 2. The Labute approximate surface area is 203 Å². The first-order valence-corrected chi connectivity index (χ1v) is 12.0. The van der Waals surface area contributed by atoms with Gasteiger partial charge in [0.25, 0.3) is 0 Å². The highest BCUT2D eigenvalue weighted by molar-refractivity contribution is 7.89. The van der Waals surface area contributed by atoms with Crippen molar-refractivity contribution in [3.63, 3.8) is 0 Å². The number of allylic oxidation sites excluding steroid dienone is 1. The van der Waals surface area contributed by atoms with Gasteiger partial charge >= 0.3 is 5.97 Å². The summed E-state index contributed by atoms with van der Waals surface area (Å²) in [5, 5.41) is 0. The van der Waals surface area contributed by atoms with E-state index in [1.807, 2.05) is 0 Å². The number of nitrogens with two attached hydrogens (primary N) is 1. The number of imidazole rings is 1. The number of nitrogens with zero attached hydrogens (tertiary/aromatic N) is 2. The zero-order valence-corrected chi connectivity index (χ0v) is 20.4. The van der Waals surface area contributed by atoms with Crippen LogP contribution in [0.2, 0.25) is 0 Å². The molecule has 8 nitrogen and oxygen atoms in total. The van der Waals surface area contributed by atoms with Crippen molar-refractivity contribution in [1.82, 2.24) is 14.3 Å². The van der Waals surface area contributed by atoms with Gasteiger partial charge in [-0.05, 0) is 55.7 Å². The minimum atomic E-state index is -3.59. The SMILES string of the molecule is COC(=O)c1cc(-c2ccc(S(=O)(=O)NC3CC3)cc2)c2nc(C)n(CC(F)=CCN)c2c1.Cl. The number of aromatic nitrogens is 2. The fourth-order valence-corrected chi connectivity index (χ4v) is 4.94. The third kappa shape index (κ3) is 5.30. The van der Waals surface area contributed by atoms with E-state index >= 15 is 0 Å². The number of methoxy groups -OCH3 is 1. The van der Waals surface area contributed by atoms with E-state index in [1.165, 1.54) is 25.3 Å². The summed E-state index contributed by atoms with van der Waals surface area (Å²) in [5.74, 6) is -0.404. The van der Waals surface area contributed by atoms with Gasteiger partial charge in [0.05, 0.1) is 35.1 Å². The van der Waals surface area contributed by atoms with Crippen molar-refractivity contribution in [2.45, 2.75) is 37.2 Å². The van der Waals surface area contributed by atoms with Gasteiger partial charge in [0.1, 0.15) is 11.7 Å². The van der Waals surface area contributed by atoms with Gasteiger partial charge in [-0.25, -0.2) is 27.3 Å². The van der Waals surface area contributed by atoms with Gasteiger partial charge < -0.3 is 15.0 Å². The van der Waals surface area contributed by atoms with Gasteiger partial charge in [-0.2, -0.15) is 0 Å². The van der Waals surface area contributed by atoms with E-state index in [1.54, 1.807) is 35.8 Å². The highest BCUT2D eigenvalue weighted by Crippen LogP contribution is 2.32. The Morgan fingerprint density at radius 2 is 1.97 bits per heavy atom. The van der Waals surface area contributed by atoms with Gasteiger partial charge in [0, 0.05) is 18.2 Å². The fourth-order valence-electron chi connectivity index (χ4n) is 3.64. The number of aryl methyl sites for hydroxylation is 1. The number of fused-ring (bicyclic) bond motifs is 1. The average molecular weight is 509 g/mol. The van der Waals surface area contributed by atoms with Crippen LogP contribution in [0.1, 0.15) is 29.0 Å². The van der Waals surface area contributed by atoms with Crippen LogP contribution in [0.4, 0.5) is 4.39 Å². The molecule has 182 valence electrons. The van der Waals surface area contributed by atoms with Crippen LogP contribution in [0.15, 0.2) is 53.2 Å². The van der Waals surface area contributed by atoms with Crippen LogP contribution in [0.25, 0.3) is 22.2 Å². The number of nitrogens with one attached hydrogen (secondary N) is 1. The van der Waals surface area contributed by atoms with Gasteiger partial charge in [-0.1, -0.05) is 12.1 Å². The largest absolute Gasteiger partial charge is 0.465 e. The van der Waals surface area contributed by atoms with Crippen molar-refractivity contribution in [3.05, 3.63) is 59.7 Å². The van der Waals surface area contributed by atoms with E-state index in [9.17, 15) is 17.6 Å². The van der Waals surface area contributed by atoms with Crippen LogP contribution in [0.3, 0.4) is 0 Å². The topological polar surface area (TPSA) is 116 Å². The van der Waals surface area contributed by atoms with E-state index in [2.05, 4.69) is 9.71 Å². The Balaban J connectivity index is 0.00000324. The maximum absolute atomic E-state index is 14.3. The summed E-state index contributed by atoms with van der Waals surface area (Å²) in [7, 11) is -2.30. The molecular weight excluding hydrogens is 483 g/mol. The molecule has 3 N–H and O–H groups in total. The number of rotatable bonds is 8. The molecule has 34 heavy (non-hydrogen) atoms. The number of carbonyl (C=O) groups is 1. The summed E-state index contributed by atoms with van der Waals surface area (Å²) in [6.45, 7) is 1.74. The molecule has 0 bridgehead atoms. The van der Waals surface area contributed by atoms with Gasteiger partial charge in [0.15, 0.2) is 0 Å². The molecule has 0 saturated heterocycles. The molecule has 0 spiro atoms. The fraction of sp³-hybridized carbons (Fsp3) is 0.304. The van der Waals surface area contributed by atoms with Crippen LogP contribution in [-0.2, 0) is 21.3 Å². The van der Waals surface area contributed by atoms with Gasteiger partial charge in [-0.3, -0.25) is 0 Å². The van der Waals surface area contributed by atoms with Crippen molar-refractivity contribution in [3.8, 4) is 11.1 Å². The molecule has 0 aliphatic heterocycles. The molecule has 1 heterocycles. The molecule has 1 fully saturated rings. The summed E-state index contributed by atoms with van der Waals surface area (Å²) in [5.41, 5.74) is 8.08. The van der Waals surface area contributed by atoms with E-state index < -0.39 is 21.8 Å². The van der Waals surface area contributed by atoms with Crippen LogP contribution < -0.4 is 10.5 Å². The molecule has 1 aromatic heterocycles. The molecule has 4 rings (SSSR count). The first-order chi connectivity index (χ1) is 15.7. The van der Waals surface area contributed by atoms with Crippen LogP contribution >= 0.6 is 12.4 Å². The number of halogens is 2. The Morgan fingerprint density at radius 1 is 1.29 bits per heavy atom. The van der Waals surface area contributed by atoms with Gasteiger partial charge in [0.2, 0.25) is 10.0 Å². The Bertz CT molecular complexity index is 1350. The first kappa shape index (κ1) is 25.8. The number of hydrogen-bond acceptors (Lipinski definition) is 6. The zero-order valence-electron chi connectivity index (χ0n) is 18.7. The van der Waals surface area contributed by atoms with Crippen LogP contribution in [0.5, 0.6) is 0 Å². The summed E-state index contributed by atoms with van der Waals surface area (Å²) in [6.07, 6.45) is 2.97.